The van der Waals surface area contributed by atoms with E-state index in [0.29, 0.717) is 15.2 Å². The molecule has 1 aliphatic rings. The molecule has 2 atom stereocenters. The Morgan fingerprint density at radius 3 is 3.00 bits per heavy atom. The van der Waals surface area contributed by atoms with Gasteiger partial charge in [0.05, 0.1) is 30.0 Å². The van der Waals surface area contributed by atoms with Gasteiger partial charge in [-0.15, -0.1) is 11.3 Å². The molecule has 2 N–H and O–H groups in total. The zero-order valence-corrected chi connectivity index (χ0v) is 13.2. The van der Waals surface area contributed by atoms with Gasteiger partial charge in [0.25, 0.3) is 5.56 Å². The number of aliphatic hydroxyl groups is 2. The van der Waals surface area contributed by atoms with Crippen molar-refractivity contribution in [2.75, 3.05) is 0 Å². The molecule has 5 nitrogen and oxygen atoms in total. The van der Waals surface area contributed by atoms with E-state index in [-0.39, 0.29) is 24.4 Å². The van der Waals surface area contributed by atoms with Crippen molar-refractivity contribution in [3.05, 3.63) is 26.4 Å². The summed E-state index contributed by atoms with van der Waals surface area (Å²) in [4.78, 5) is 16.5. The van der Waals surface area contributed by atoms with Crippen LogP contribution in [0.25, 0.3) is 10.9 Å². The lowest BCUT2D eigenvalue weighted by molar-refractivity contribution is -0.0178. The van der Waals surface area contributed by atoms with E-state index in [1.807, 2.05) is 0 Å². The van der Waals surface area contributed by atoms with E-state index >= 15 is 0 Å². The second-order valence-electron chi connectivity index (χ2n) is 5.96. The topological polar surface area (TPSA) is 75.3 Å². The Labute approximate surface area is 130 Å². The van der Waals surface area contributed by atoms with Crippen LogP contribution < -0.4 is 5.56 Å². The molecule has 3 rings (SSSR count). The SMILES string of the molecule is CC(O)(CC(O)Cn1cnc2c(Cl)scc2c1=O)C1CC1. The average Bonchev–Trinajstić information content (AvgIpc) is 3.18. The summed E-state index contributed by atoms with van der Waals surface area (Å²) >= 11 is 7.23. The summed E-state index contributed by atoms with van der Waals surface area (Å²) in [5.41, 5.74) is -0.581. The predicted octanol–water partition coefficient (Wildman–Crippen LogP) is 2.02. The number of halogens is 1. The van der Waals surface area contributed by atoms with Crippen LogP contribution in [0.3, 0.4) is 0 Å². The summed E-state index contributed by atoms with van der Waals surface area (Å²) < 4.78 is 1.87. The van der Waals surface area contributed by atoms with E-state index in [1.165, 1.54) is 22.2 Å². The molecular formula is C14H17ClN2O3S. The van der Waals surface area contributed by atoms with Gasteiger partial charge in [-0.3, -0.25) is 9.36 Å². The molecule has 0 saturated heterocycles. The van der Waals surface area contributed by atoms with Gasteiger partial charge in [0.15, 0.2) is 0 Å². The van der Waals surface area contributed by atoms with Crippen LogP contribution in [0, 0.1) is 5.92 Å². The summed E-state index contributed by atoms with van der Waals surface area (Å²) in [5.74, 6) is 0.264. The molecule has 2 aromatic heterocycles. The largest absolute Gasteiger partial charge is 0.391 e. The molecule has 1 aliphatic carbocycles. The molecule has 0 bridgehead atoms. The molecule has 2 heterocycles. The third-order valence-corrected chi connectivity index (χ3v) is 5.25. The molecule has 1 fully saturated rings. The molecule has 21 heavy (non-hydrogen) atoms. The van der Waals surface area contributed by atoms with Crippen molar-refractivity contribution in [1.29, 1.82) is 0 Å². The van der Waals surface area contributed by atoms with Crippen LogP contribution in [0.1, 0.15) is 26.2 Å². The summed E-state index contributed by atoms with van der Waals surface area (Å²) in [6.07, 6.45) is 2.87. The summed E-state index contributed by atoms with van der Waals surface area (Å²) in [7, 11) is 0. The lowest BCUT2D eigenvalue weighted by Gasteiger charge is -2.26. The van der Waals surface area contributed by atoms with Crippen LogP contribution in [0.2, 0.25) is 4.34 Å². The Hall–Kier alpha value is -0.950. The van der Waals surface area contributed by atoms with Crippen molar-refractivity contribution in [3.63, 3.8) is 0 Å². The Kier molecular flexibility index (Phi) is 3.81. The van der Waals surface area contributed by atoms with Gasteiger partial charge in [0, 0.05) is 11.8 Å². The van der Waals surface area contributed by atoms with Crippen LogP contribution in [0.5, 0.6) is 0 Å². The Morgan fingerprint density at radius 2 is 2.33 bits per heavy atom. The van der Waals surface area contributed by atoms with Crippen molar-refractivity contribution in [2.24, 2.45) is 5.92 Å². The van der Waals surface area contributed by atoms with Crippen molar-refractivity contribution in [2.45, 2.75) is 44.4 Å². The van der Waals surface area contributed by atoms with Gasteiger partial charge in [-0.2, -0.15) is 0 Å². The fourth-order valence-corrected chi connectivity index (χ4v) is 3.70. The average molecular weight is 329 g/mol. The van der Waals surface area contributed by atoms with Crippen LogP contribution >= 0.6 is 22.9 Å². The van der Waals surface area contributed by atoms with Crippen LogP contribution in [0.4, 0.5) is 0 Å². The second kappa shape index (κ2) is 5.35. The first-order valence-electron chi connectivity index (χ1n) is 6.91. The zero-order chi connectivity index (χ0) is 15.2. The van der Waals surface area contributed by atoms with Crippen molar-refractivity contribution >= 4 is 33.8 Å². The fraction of sp³-hybridized carbons (Fsp3) is 0.571. The standard InChI is InChI=1S/C14H17ClN2O3S/c1-14(20,8-2-3-8)4-9(18)5-17-7-16-11-10(13(17)19)6-21-12(11)15/h6-9,18,20H,2-5H2,1H3. The highest BCUT2D eigenvalue weighted by atomic mass is 35.5. The van der Waals surface area contributed by atoms with Gasteiger partial charge in [-0.05, 0) is 25.7 Å². The van der Waals surface area contributed by atoms with E-state index in [1.54, 1.807) is 12.3 Å². The zero-order valence-electron chi connectivity index (χ0n) is 11.6. The van der Waals surface area contributed by atoms with Crippen molar-refractivity contribution in [3.8, 4) is 0 Å². The number of thiophene rings is 1. The number of nitrogens with zero attached hydrogens (tertiary/aromatic N) is 2. The van der Waals surface area contributed by atoms with Gasteiger partial charge >= 0.3 is 0 Å². The molecule has 0 radical (unpaired) electrons. The van der Waals surface area contributed by atoms with Gasteiger partial charge in [-0.25, -0.2) is 4.98 Å². The normalized spacial score (nSPS) is 19.6. The monoisotopic (exact) mass is 328 g/mol. The maximum Gasteiger partial charge on any atom is 0.262 e. The summed E-state index contributed by atoms with van der Waals surface area (Å²) in [5, 5.41) is 22.6. The van der Waals surface area contributed by atoms with Crippen LogP contribution in [0.15, 0.2) is 16.5 Å². The first kappa shape index (κ1) is 15.0. The Bertz CT molecular complexity index is 721. The van der Waals surface area contributed by atoms with E-state index in [4.69, 9.17) is 11.6 Å². The highest BCUT2D eigenvalue weighted by molar-refractivity contribution is 7.16. The lowest BCUT2D eigenvalue weighted by Crippen LogP contribution is -2.36. The number of aromatic nitrogens is 2. The molecule has 114 valence electrons. The summed E-state index contributed by atoms with van der Waals surface area (Å²) in [6.45, 7) is 1.87. The Balaban J connectivity index is 1.78. The highest BCUT2D eigenvalue weighted by Crippen LogP contribution is 2.41. The molecular weight excluding hydrogens is 312 g/mol. The minimum absolute atomic E-state index is 0.123. The molecule has 0 spiro atoms. The van der Waals surface area contributed by atoms with E-state index in [2.05, 4.69) is 4.98 Å². The highest BCUT2D eigenvalue weighted by Gasteiger charge is 2.41. The van der Waals surface area contributed by atoms with Crippen LogP contribution in [-0.4, -0.2) is 31.5 Å². The van der Waals surface area contributed by atoms with Crippen molar-refractivity contribution < 1.29 is 10.2 Å². The lowest BCUT2D eigenvalue weighted by atomic mass is 9.93. The molecule has 7 heteroatoms. The van der Waals surface area contributed by atoms with Gasteiger partial charge < -0.3 is 10.2 Å². The van der Waals surface area contributed by atoms with E-state index < -0.39 is 11.7 Å². The number of hydrogen-bond donors (Lipinski definition) is 2. The first-order valence-corrected chi connectivity index (χ1v) is 8.17. The van der Waals surface area contributed by atoms with E-state index in [0.717, 1.165) is 12.8 Å². The smallest absolute Gasteiger partial charge is 0.262 e. The third-order valence-electron chi connectivity index (χ3n) is 4.05. The minimum atomic E-state index is -0.869. The number of hydrogen-bond acceptors (Lipinski definition) is 5. The maximum atomic E-state index is 12.3. The molecule has 2 unspecified atom stereocenters. The fourth-order valence-electron chi connectivity index (χ4n) is 2.71. The number of fused-ring (bicyclic) bond motifs is 1. The molecule has 0 amide bonds. The third kappa shape index (κ3) is 2.99. The van der Waals surface area contributed by atoms with Gasteiger partial charge in [0.2, 0.25) is 0 Å². The molecule has 2 aromatic rings. The van der Waals surface area contributed by atoms with Gasteiger partial charge in [-0.1, -0.05) is 11.6 Å². The number of rotatable bonds is 5. The Morgan fingerprint density at radius 1 is 1.62 bits per heavy atom. The quantitative estimate of drug-likeness (QED) is 0.880. The molecule has 0 aliphatic heterocycles. The van der Waals surface area contributed by atoms with Crippen LogP contribution in [-0.2, 0) is 6.54 Å². The second-order valence-corrected chi connectivity index (χ2v) is 7.44. The predicted molar refractivity (Wildman–Crippen MR) is 82.9 cm³/mol. The maximum absolute atomic E-state index is 12.3. The summed E-state index contributed by atoms with van der Waals surface area (Å²) in [6, 6.07) is 0. The first-order chi connectivity index (χ1) is 9.88. The van der Waals surface area contributed by atoms with E-state index in [9.17, 15) is 15.0 Å². The minimum Gasteiger partial charge on any atom is -0.391 e. The molecule has 1 saturated carbocycles. The van der Waals surface area contributed by atoms with Crippen molar-refractivity contribution in [1.82, 2.24) is 9.55 Å². The molecule has 0 aromatic carbocycles. The number of aliphatic hydroxyl groups excluding tert-OH is 1. The van der Waals surface area contributed by atoms with Gasteiger partial charge in [0.1, 0.15) is 9.85 Å².